The summed E-state index contributed by atoms with van der Waals surface area (Å²) < 4.78 is 4.18. The Morgan fingerprint density at radius 3 is 2.33 bits per heavy atom. The fourth-order valence-corrected chi connectivity index (χ4v) is 1.37. The molecule has 0 aliphatic rings. The molecule has 0 saturated carbocycles. The van der Waals surface area contributed by atoms with E-state index in [1.54, 1.807) is 0 Å². The molecule has 2 nitrogen and oxygen atoms in total. The van der Waals surface area contributed by atoms with Crippen molar-refractivity contribution in [3.63, 3.8) is 0 Å². The van der Waals surface area contributed by atoms with Crippen LogP contribution in [0.1, 0.15) is 32.6 Å². The molecule has 0 aliphatic heterocycles. The Hall–Kier alpha value is 1.01. The van der Waals surface area contributed by atoms with Crippen LogP contribution in [0.15, 0.2) is 25.3 Å². The van der Waals surface area contributed by atoms with Gasteiger partial charge < -0.3 is 34.0 Å². The fraction of sp³-hybridized carbons (Fsp3) is 0.545. The van der Waals surface area contributed by atoms with E-state index < -0.39 is 0 Å². The van der Waals surface area contributed by atoms with Crippen molar-refractivity contribution >= 4 is 26.4 Å². The minimum absolute atomic E-state index is 0. The number of unbranched alkanes of at least 4 members (excludes halogenated alkanes) is 3. The molecule has 1 aromatic heterocycles. The van der Waals surface area contributed by atoms with Gasteiger partial charge in [0.1, 0.15) is 12.4 Å². The first-order chi connectivity index (χ1) is 7.78. The average molecular weight is 466 g/mol. The number of hydrogen-bond acceptors (Lipinski definition) is 0. The summed E-state index contributed by atoms with van der Waals surface area (Å²) in [4.78, 5) is 0. The molecule has 0 aromatic carbocycles. The van der Waals surface area contributed by atoms with Gasteiger partial charge in [-0.05, 0) is 12.8 Å². The van der Waals surface area contributed by atoms with Crippen LogP contribution in [0.25, 0.3) is 6.20 Å². The molecule has 0 radical (unpaired) electrons. The van der Waals surface area contributed by atoms with Crippen molar-refractivity contribution in [2.75, 3.05) is 0 Å². The third-order valence-electron chi connectivity index (χ3n) is 2.19. The average Bonchev–Trinajstić information content (AvgIpc) is 2.73. The van der Waals surface area contributed by atoms with Gasteiger partial charge in [-0.1, -0.05) is 26.3 Å². The van der Waals surface area contributed by atoms with E-state index in [-0.39, 0.29) is 47.1 Å². The second-order valence-electron chi connectivity index (χ2n) is 3.39. The van der Waals surface area contributed by atoms with Gasteiger partial charge in [0.15, 0.2) is 0 Å². The summed E-state index contributed by atoms with van der Waals surface area (Å²) in [7, 11) is 9.53. The van der Waals surface area contributed by atoms with Crippen LogP contribution in [0.3, 0.4) is 0 Å². The number of nitrogens with zero attached hydrogens (tertiary/aromatic N) is 2. The van der Waals surface area contributed by atoms with Gasteiger partial charge in [-0.25, -0.2) is 9.13 Å². The molecule has 109 valence electrons. The van der Waals surface area contributed by atoms with Gasteiger partial charge in [0.05, 0.1) is 12.7 Å². The minimum atomic E-state index is 0. The summed E-state index contributed by atoms with van der Waals surface area (Å²) >= 11 is 0.194. The number of aryl methyl sites for hydroxylation is 1. The van der Waals surface area contributed by atoms with Crippen LogP contribution in [0.4, 0.5) is 0 Å². The predicted octanol–water partition coefficient (Wildman–Crippen LogP) is -2.16. The van der Waals surface area contributed by atoms with Crippen molar-refractivity contribution in [3.05, 3.63) is 25.3 Å². The second kappa shape index (κ2) is 18.0. The van der Waals surface area contributed by atoms with E-state index in [0.29, 0.717) is 0 Å². The zero-order valence-corrected chi connectivity index (χ0v) is 16.1. The molecule has 0 N–H and O–H groups in total. The molecular formula is C11H19Br2Cl2FeN2. The molecule has 0 spiro atoms. The van der Waals surface area contributed by atoms with Gasteiger partial charge in [-0.2, -0.15) is 0 Å². The summed E-state index contributed by atoms with van der Waals surface area (Å²) in [6, 6.07) is 0. The van der Waals surface area contributed by atoms with Crippen molar-refractivity contribution in [1.29, 1.82) is 0 Å². The summed E-state index contributed by atoms with van der Waals surface area (Å²) in [5.74, 6) is 0. The normalized spacial score (nSPS) is 8.39. The summed E-state index contributed by atoms with van der Waals surface area (Å²) in [5, 5.41) is 0. The maximum absolute atomic E-state index is 4.76. The van der Waals surface area contributed by atoms with Gasteiger partial charge in [0.25, 0.3) is 0 Å². The zero-order chi connectivity index (χ0) is 12.2. The van der Waals surface area contributed by atoms with Crippen molar-refractivity contribution in [3.8, 4) is 0 Å². The Balaban J connectivity index is -0.000000410. The first-order valence-corrected chi connectivity index (χ1v) is 8.36. The molecule has 0 amide bonds. The van der Waals surface area contributed by atoms with Crippen LogP contribution in [0, 0.1) is 0 Å². The number of halogens is 4. The zero-order valence-electron chi connectivity index (χ0n) is 10.3. The van der Waals surface area contributed by atoms with Crippen LogP contribution in [0.5, 0.6) is 0 Å². The number of imidazole rings is 1. The molecule has 0 unspecified atom stereocenters. The van der Waals surface area contributed by atoms with Gasteiger partial charge >= 0.3 is 33.3 Å². The standard InChI is InChI=1S/C11H19N2.2BrH.2ClH.Fe/c1-3-5-6-7-8-13-10-9-12(4-2)11-13;;;;;/h4,9-11H,2-3,5-8H2,1H3;4*1H;/q+1;;;;;+3/p-4. The van der Waals surface area contributed by atoms with E-state index >= 15 is 0 Å². The molecule has 0 aliphatic carbocycles. The van der Waals surface area contributed by atoms with E-state index in [9.17, 15) is 0 Å². The van der Waals surface area contributed by atoms with Crippen molar-refractivity contribution in [1.82, 2.24) is 4.57 Å². The van der Waals surface area contributed by atoms with Crippen molar-refractivity contribution in [2.45, 2.75) is 39.2 Å². The SMILES string of the molecule is C=Cn1cc[n+](CCCCCC)c1.[Br-].[Br-].[Cl][Fe+][Cl]. The summed E-state index contributed by atoms with van der Waals surface area (Å²) in [6.07, 6.45) is 13.3. The van der Waals surface area contributed by atoms with Crippen molar-refractivity contribution in [2.24, 2.45) is 0 Å². The Morgan fingerprint density at radius 2 is 1.89 bits per heavy atom. The summed E-state index contributed by atoms with van der Waals surface area (Å²) in [6.45, 7) is 7.07. The molecule has 0 atom stereocenters. The molecular weight excluding hydrogens is 447 g/mol. The van der Waals surface area contributed by atoms with Gasteiger partial charge in [-0.15, -0.1) is 0 Å². The first kappa shape index (κ1) is 24.1. The predicted molar refractivity (Wildman–Crippen MR) is 66.9 cm³/mol. The van der Waals surface area contributed by atoms with Gasteiger partial charge in [0.2, 0.25) is 6.33 Å². The number of hydrogen-bond donors (Lipinski definition) is 0. The van der Waals surface area contributed by atoms with E-state index in [1.165, 1.54) is 25.7 Å². The number of rotatable bonds is 6. The molecule has 0 bridgehead atoms. The monoisotopic (exact) mass is 463 g/mol. The van der Waals surface area contributed by atoms with Crippen LogP contribution in [-0.4, -0.2) is 4.57 Å². The topological polar surface area (TPSA) is 8.81 Å². The quantitative estimate of drug-likeness (QED) is 0.257. The Kier molecular flexibility index (Phi) is 24.1. The third kappa shape index (κ3) is 13.4. The van der Waals surface area contributed by atoms with E-state index in [0.717, 1.165) is 6.54 Å². The molecule has 0 fully saturated rings. The molecule has 1 aromatic rings. The first-order valence-electron chi connectivity index (χ1n) is 5.32. The Bertz CT molecular complexity index is 286. The van der Waals surface area contributed by atoms with Crippen LogP contribution in [0.2, 0.25) is 0 Å². The van der Waals surface area contributed by atoms with Crippen LogP contribution < -0.4 is 38.5 Å². The van der Waals surface area contributed by atoms with Crippen molar-refractivity contribution < 1.29 is 51.7 Å². The molecule has 1 heterocycles. The van der Waals surface area contributed by atoms with E-state index in [4.69, 9.17) is 20.2 Å². The third-order valence-corrected chi connectivity index (χ3v) is 2.19. The molecule has 18 heavy (non-hydrogen) atoms. The number of aromatic nitrogens is 2. The van der Waals surface area contributed by atoms with Gasteiger partial charge in [-0.3, -0.25) is 0 Å². The van der Waals surface area contributed by atoms with Crippen LogP contribution >= 0.6 is 20.2 Å². The second-order valence-corrected chi connectivity index (χ2v) is 5.22. The van der Waals surface area contributed by atoms with E-state index in [2.05, 4.69) is 30.6 Å². The fourth-order valence-electron chi connectivity index (χ4n) is 1.37. The maximum atomic E-state index is 4.76. The molecule has 1 rings (SSSR count). The Morgan fingerprint density at radius 1 is 1.28 bits per heavy atom. The van der Waals surface area contributed by atoms with E-state index in [1.807, 2.05) is 17.0 Å². The Labute approximate surface area is 146 Å². The molecule has 7 heteroatoms. The van der Waals surface area contributed by atoms with Gasteiger partial charge in [0, 0.05) is 0 Å². The molecule has 0 saturated heterocycles. The van der Waals surface area contributed by atoms with Crippen LogP contribution in [-0.2, 0) is 19.7 Å². The summed E-state index contributed by atoms with van der Waals surface area (Å²) in [5.41, 5.74) is 0.